The molecule has 9 N–H and O–H groups in total. The Morgan fingerprint density at radius 1 is 0.826 bits per heavy atom. The van der Waals surface area contributed by atoms with Gasteiger partial charge in [0.15, 0.2) is 5.78 Å². The van der Waals surface area contributed by atoms with Gasteiger partial charge in [0.1, 0.15) is 30.5 Å². The van der Waals surface area contributed by atoms with E-state index in [1.807, 2.05) is 29.0 Å². The van der Waals surface area contributed by atoms with Crippen LogP contribution in [0.5, 0.6) is 0 Å². The molecule has 2 aliphatic carbocycles. The highest BCUT2D eigenvalue weighted by Gasteiger charge is 2.39. The Morgan fingerprint density at radius 3 is 2.33 bits per heavy atom. The van der Waals surface area contributed by atoms with Crippen LogP contribution in [-0.2, 0) is 75.2 Å². The van der Waals surface area contributed by atoms with Crippen LogP contribution in [0.1, 0.15) is 120 Å². The summed E-state index contributed by atoms with van der Waals surface area (Å²) in [5.41, 5.74) is 9.53. The van der Waals surface area contributed by atoms with Crippen molar-refractivity contribution in [2.75, 3.05) is 63.3 Å². The van der Waals surface area contributed by atoms with Crippen molar-refractivity contribution >= 4 is 80.3 Å². The summed E-state index contributed by atoms with van der Waals surface area (Å²) in [5, 5.41) is 20.4. The summed E-state index contributed by atoms with van der Waals surface area (Å²) in [6.45, 7) is 4.75. The van der Waals surface area contributed by atoms with Crippen molar-refractivity contribution in [3.05, 3.63) is 96.0 Å². The first kappa shape index (κ1) is 65.7. The molecule has 26 nitrogen and oxygen atoms in total. The number of imide groups is 1. The number of rotatable bonds is 36. The van der Waals surface area contributed by atoms with Gasteiger partial charge in [0.2, 0.25) is 11.8 Å². The fourth-order valence-electron chi connectivity index (χ4n) is 10.8. The number of esters is 1. The molecule has 7 rings (SSSR count). The van der Waals surface area contributed by atoms with Crippen LogP contribution < -0.4 is 37.5 Å². The smallest absolute Gasteiger partial charge is 0.407 e. The number of hydrogen-bond donors (Lipinski definition) is 7. The number of alkyl carbamates (subject to hydrolysis) is 1. The minimum absolute atomic E-state index is 0.0605. The number of anilines is 2. The van der Waals surface area contributed by atoms with Gasteiger partial charge in [-0.15, -0.1) is 0 Å². The zero-order valence-electron chi connectivity index (χ0n) is 48.6. The molecular weight excluding hydrogens is 1130 g/mol. The third kappa shape index (κ3) is 20.4. The van der Waals surface area contributed by atoms with E-state index in [0.717, 1.165) is 23.1 Å². The van der Waals surface area contributed by atoms with E-state index in [0.29, 0.717) is 67.7 Å². The maximum atomic E-state index is 13.7. The SMILES string of the molecule is CC(C)[C@@H](NC(=O)CCCCCN1C(=O)C=CC1=O)C(=O)C[C@H](CCCNC(N)=O)C(=O)Nc1ccc(COC(=O)NCCOCCOCCCC(=O)O[C@H]2C[C@H](n3ccc4c(N[C@H]5CCc6ccccc65)ncnc43)C[C@H]2COS(N)(=O)=O)cc1. The summed E-state index contributed by atoms with van der Waals surface area (Å²) in [4.78, 5) is 111. The van der Waals surface area contributed by atoms with Gasteiger partial charge in [0.25, 0.3) is 11.8 Å². The average Bonchev–Trinajstić information content (AvgIpc) is 2.13. The van der Waals surface area contributed by atoms with E-state index in [1.54, 1.807) is 38.1 Å². The second kappa shape index (κ2) is 32.6. The number of Topliss-reactive ketones (excluding diaryl/α,β-unsaturated/α-hetero) is 1. The molecule has 1 fully saturated rings. The van der Waals surface area contributed by atoms with Gasteiger partial charge in [0, 0.05) is 93.8 Å². The van der Waals surface area contributed by atoms with Crippen LogP contribution in [0.4, 0.5) is 21.1 Å². The minimum atomic E-state index is -4.24. The zero-order chi connectivity index (χ0) is 61.6. The number of nitrogens with zero attached hydrogens (tertiary/aromatic N) is 4. The molecule has 0 spiro atoms. The third-order valence-corrected chi connectivity index (χ3v) is 15.7. The first-order valence-corrected chi connectivity index (χ1v) is 30.7. The molecule has 466 valence electrons. The number of amides is 7. The number of primary amides is 1. The Morgan fingerprint density at radius 2 is 1.58 bits per heavy atom. The molecule has 2 aromatic heterocycles. The predicted molar refractivity (Wildman–Crippen MR) is 315 cm³/mol. The van der Waals surface area contributed by atoms with E-state index < -0.39 is 58.3 Å². The maximum Gasteiger partial charge on any atom is 0.407 e. The van der Waals surface area contributed by atoms with Gasteiger partial charge < -0.3 is 55.8 Å². The number of carbonyl (C=O) groups is 8. The van der Waals surface area contributed by atoms with Crippen LogP contribution >= 0.6 is 0 Å². The lowest BCUT2D eigenvalue weighted by Gasteiger charge is -2.24. The summed E-state index contributed by atoms with van der Waals surface area (Å²) in [6, 6.07) is 15.3. The standard InChI is InChI=1S/C59H79N11O15S/c1-38(2)54(68-50(72)13-4-3-7-26-70-51(73)21-22-52(70)74)48(71)33-41(11-8-24-62-58(60)77)57(76)66-43-18-15-39(16-19-43)35-83-59(78)63-25-29-82-31-30-81-28-9-14-53(75)85-49-34-44(32-42(49)36-84-86(61,79)80)69-27-23-46-55(64-37-65-56(46)69)67-47-20-17-40-10-5-6-12-45(40)47/h5-6,10,12,15-16,18-19,21-23,27,37-38,41-42,44,47,49,54H,3-4,7-9,11,13-14,17,20,24-26,28-36H2,1-2H3,(H,63,78)(H,66,76)(H,68,72)(H3,60,62,77)(H2,61,79,80)(H,64,65,67)/t41-,42-,44+,47-,49-,54+/m0/s1. The predicted octanol–water partition coefficient (Wildman–Crippen LogP) is 4.94. The molecule has 27 heteroatoms. The fraction of sp³-hybridized carbons (Fsp3) is 0.525. The van der Waals surface area contributed by atoms with Crippen molar-refractivity contribution in [3.8, 4) is 0 Å². The van der Waals surface area contributed by atoms with Gasteiger partial charge in [-0.3, -0.25) is 37.9 Å². The monoisotopic (exact) mass is 1210 g/mol. The fourth-order valence-corrected chi connectivity index (χ4v) is 11.1. The van der Waals surface area contributed by atoms with Crippen LogP contribution in [0.3, 0.4) is 0 Å². The van der Waals surface area contributed by atoms with E-state index in [2.05, 4.69) is 48.7 Å². The summed E-state index contributed by atoms with van der Waals surface area (Å²) in [7, 11) is -4.24. The number of hydrogen-bond acceptors (Lipinski definition) is 18. The molecule has 1 aliphatic heterocycles. The number of carbonyl (C=O) groups excluding carboxylic acids is 8. The molecule has 2 aromatic carbocycles. The van der Waals surface area contributed by atoms with Crippen molar-refractivity contribution in [2.45, 2.75) is 128 Å². The molecule has 86 heavy (non-hydrogen) atoms. The molecule has 0 unspecified atom stereocenters. The summed E-state index contributed by atoms with van der Waals surface area (Å²) < 4.78 is 53.0. The Bertz CT molecular complexity index is 3120. The summed E-state index contributed by atoms with van der Waals surface area (Å²) >= 11 is 0. The van der Waals surface area contributed by atoms with E-state index in [1.165, 1.54) is 29.6 Å². The number of nitrogens with two attached hydrogens (primary N) is 2. The highest BCUT2D eigenvalue weighted by atomic mass is 32.2. The van der Waals surface area contributed by atoms with Gasteiger partial charge in [0.05, 0.1) is 43.9 Å². The van der Waals surface area contributed by atoms with Crippen molar-refractivity contribution in [1.82, 2.24) is 35.4 Å². The number of ether oxygens (including phenoxy) is 4. The molecule has 4 aromatic rings. The van der Waals surface area contributed by atoms with Gasteiger partial charge in [-0.1, -0.05) is 56.7 Å². The first-order valence-electron chi connectivity index (χ1n) is 29.2. The number of unbranched alkanes of at least 4 members (excludes halogenated alkanes) is 2. The van der Waals surface area contributed by atoms with E-state index in [-0.39, 0.29) is 126 Å². The summed E-state index contributed by atoms with van der Waals surface area (Å²) in [6.07, 6.45) is 9.90. The number of nitrogens with one attached hydrogen (secondary N) is 5. The molecule has 6 atom stereocenters. The Balaban J connectivity index is 0.755. The quantitative estimate of drug-likeness (QED) is 0.0180. The Kier molecular flexibility index (Phi) is 24.9. The van der Waals surface area contributed by atoms with Crippen LogP contribution in [0.15, 0.2) is 79.3 Å². The third-order valence-electron chi connectivity index (χ3n) is 15.2. The number of ketones is 1. The molecule has 3 heterocycles. The lowest BCUT2D eigenvalue weighted by molar-refractivity contribution is -0.151. The maximum absolute atomic E-state index is 13.7. The van der Waals surface area contributed by atoms with Crippen molar-refractivity contribution < 1.29 is 69.9 Å². The minimum Gasteiger partial charge on any atom is -0.462 e. The highest BCUT2D eigenvalue weighted by molar-refractivity contribution is 7.84. The normalized spacial score (nSPS) is 18.0. The van der Waals surface area contributed by atoms with Gasteiger partial charge >= 0.3 is 28.4 Å². The van der Waals surface area contributed by atoms with Gasteiger partial charge in [-0.05, 0) is 92.2 Å². The molecule has 0 saturated heterocycles. The van der Waals surface area contributed by atoms with Crippen LogP contribution in [0, 0.1) is 17.8 Å². The zero-order valence-corrected chi connectivity index (χ0v) is 49.4. The lowest BCUT2D eigenvalue weighted by Crippen LogP contribution is -2.45. The average molecular weight is 1210 g/mol. The number of fused-ring (bicyclic) bond motifs is 2. The number of aromatic nitrogens is 3. The number of aryl methyl sites for hydroxylation is 1. The highest BCUT2D eigenvalue weighted by Crippen LogP contribution is 2.41. The van der Waals surface area contributed by atoms with Crippen LogP contribution in [0.25, 0.3) is 11.0 Å². The van der Waals surface area contributed by atoms with Crippen LogP contribution in [0.2, 0.25) is 0 Å². The van der Waals surface area contributed by atoms with E-state index in [4.69, 9.17) is 34.0 Å². The van der Waals surface area contributed by atoms with Crippen molar-refractivity contribution in [3.63, 3.8) is 0 Å². The first-order chi connectivity index (χ1) is 41.3. The Labute approximate surface area is 499 Å². The number of benzene rings is 2. The Hall–Kier alpha value is -7.85. The van der Waals surface area contributed by atoms with Gasteiger partial charge in [-0.2, -0.15) is 8.42 Å². The van der Waals surface area contributed by atoms with E-state index >= 15 is 0 Å². The van der Waals surface area contributed by atoms with E-state index in [9.17, 15) is 46.8 Å². The largest absolute Gasteiger partial charge is 0.462 e. The molecule has 3 aliphatic rings. The molecule has 7 amide bonds. The topological polar surface area (TPSA) is 363 Å². The molecule has 0 bridgehead atoms. The number of urea groups is 1. The lowest BCUT2D eigenvalue weighted by atomic mass is 9.89. The second-order valence-corrected chi connectivity index (χ2v) is 23.1. The molecule has 1 saturated carbocycles. The van der Waals surface area contributed by atoms with Gasteiger partial charge in [-0.25, -0.2) is 24.7 Å². The van der Waals surface area contributed by atoms with Crippen molar-refractivity contribution in [1.29, 1.82) is 0 Å². The summed E-state index contributed by atoms with van der Waals surface area (Å²) in [5.74, 6) is -3.12. The van der Waals surface area contributed by atoms with Crippen LogP contribution in [-0.4, -0.2) is 140 Å². The molecular formula is C59H79N11O15S. The van der Waals surface area contributed by atoms with Crippen molar-refractivity contribution in [2.24, 2.45) is 28.6 Å². The molecule has 0 radical (unpaired) electrons. The second-order valence-electron chi connectivity index (χ2n) is 21.9.